The molecule has 2 saturated carbocycles. The van der Waals surface area contributed by atoms with E-state index in [9.17, 15) is 9.90 Å². The lowest BCUT2D eigenvalue weighted by Gasteiger charge is -2.48. The van der Waals surface area contributed by atoms with Crippen LogP contribution in [0.3, 0.4) is 0 Å². The molecule has 1 unspecified atom stereocenters. The number of rotatable bonds is 6. The fourth-order valence-electron chi connectivity index (χ4n) is 8.11. The van der Waals surface area contributed by atoms with Crippen LogP contribution >= 0.6 is 11.6 Å². The summed E-state index contributed by atoms with van der Waals surface area (Å²) in [6, 6.07) is 12.0. The normalized spacial score (nSPS) is 30.4. The molecule has 1 spiro atoms. The Hall–Kier alpha value is -2.28. The van der Waals surface area contributed by atoms with Crippen LogP contribution < -0.4 is 9.64 Å². The lowest BCUT2D eigenvalue weighted by molar-refractivity contribution is -0.0721. The van der Waals surface area contributed by atoms with Gasteiger partial charge in [0.25, 0.3) is 0 Å². The van der Waals surface area contributed by atoms with Crippen LogP contribution in [-0.4, -0.2) is 57.2 Å². The number of esters is 1. The monoisotopic (exact) mass is 567 g/mol. The third-order valence-corrected chi connectivity index (χ3v) is 10.5. The summed E-state index contributed by atoms with van der Waals surface area (Å²) >= 11 is 6.41. The zero-order chi connectivity index (χ0) is 27.9. The zero-order valence-electron chi connectivity index (χ0n) is 23.7. The topological polar surface area (TPSA) is 68.2 Å². The predicted molar refractivity (Wildman–Crippen MR) is 157 cm³/mol. The molecule has 6 rings (SSSR count). The number of carbonyl (C=O) groups is 1. The van der Waals surface area contributed by atoms with E-state index < -0.39 is 0 Å². The first kappa shape index (κ1) is 27.9. The molecule has 4 aliphatic rings. The van der Waals surface area contributed by atoms with Crippen molar-refractivity contribution in [2.45, 2.75) is 75.4 Å². The van der Waals surface area contributed by atoms with Crippen LogP contribution in [0.5, 0.6) is 5.75 Å². The maximum Gasteiger partial charge on any atom is 0.337 e. The molecule has 0 radical (unpaired) electrons. The van der Waals surface area contributed by atoms with Gasteiger partial charge in [-0.25, -0.2) is 4.79 Å². The van der Waals surface area contributed by atoms with Gasteiger partial charge in [0, 0.05) is 30.6 Å². The summed E-state index contributed by atoms with van der Waals surface area (Å²) in [6.45, 7) is 2.30. The van der Waals surface area contributed by atoms with E-state index >= 15 is 0 Å². The van der Waals surface area contributed by atoms with E-state index in [0.717, 1.165) is 87.3 Å². The molecule has 216 valence electrons. The lowest BCUT2D eigenvalue weighted by Crippen LogP contribution is -2.51. The quantitative estimate of drug-likeness (QED) is 0.420. The first-order chi connectivity index (χ1) is 19.4. The summed E-state index contributed by atoms with van der Waals surface area (Å²) < 4.78 is 17.8. The maximum atomic E-state index is 12.5. The number of hydrogen-bond donors (Lipinski definition) is 1. The van der Waals surface area contributed by atoms with Crippen molar-refractivity contribution in [3.05, 3.63) is 58.1 Å². The first-order valence-corrected chi connectivity index (χ1v) is 15.4. The molecular weight excluding hydrogens is 526 g/mol. The Balaban J connectivity index is 1.33. The number of aliphatic hydroxyl groups is 1. The fraction of sp³-hybridized carbons (Fsp3) is 0.606. The van der Waals surface area contributed by atoms with E-state index in [1.54, 1.807) is 6.07 Å². The van der Waals surface area contributed by atoms with E-state index in [2.05, 4.69) is 17.0 Å². The highest BCUT2D eigenvalue weighted by Gasteiger charge is 2.46. The number of hydrogen-bond acceptors (Lipinski definition) is 6. The van der Waals surface area contributed by atoms with Gasteiger partial charge in [0.05, 0.1) is 37.2 Å². The van der Waals surface area contributed by atoms with Crippen LogP contribution in [0.4, 0.5) is 5.69 Å². The molecule has 0 amide bonds. The van der Waals surface area contributed by atoms with Crippen molar-refractivity contribution in [1.82, 2.24) is 0 Å². The number of aryl methyl sites for hydroxylation is 1. The van der Waals surface area contributed by atoms with Crippen LogP contribution in [-0.2, 0) is 21.3 Å². The molecule has 1 N–H and O–H groups in total. The average molecular weight is 568 g/mol. The second-order valence-corrected chi connectivity index (χ2v) is 13.0. The molecule has 6 nitrogen and oxygen atoms in total. The van der Waals surface area contributed by atoms with E-state index in [4.69, 9.17) is 25.8 Å². The molecule has 1 heterocycles. The van der Waals surface area contributed by atoms with Gasteiger partial charge >= 0.3 is 5.97 Å². The van der Waals surface area contributed by atoms with Crippen LogP contribution in [0.2, 0.25) is 5.02 Å². The number of anilines is 1. The number of nitrogens with zero attached hydrogens (tertiary/aromatic N) is 1. The second-order valence-electron chi connectivity index (χ2n) is 12.6. The molecule has 0 bridgehead atoms. The first-order valence-electron chi connectivity index (χ1n) is 15.0. The van der Waals surface area contributed by atoms with Gasteiger partial charge in [-0.05, 0) is 111 Å². The predicted octanol–water partition coefficient (Wildman–Crippen LogP) is 6.19. The smallest absolute Gasteiger partial charge is 0.337 e. The van der Waals surface area contributed by atoms with Gasteiger partial charge in [0.2, 0.25) is 0 Å². The minimum atomic E-state index is -0.337. The lowest BCUT2D eigenvalue weighted by atomic mass is 9.65. The van der Waals surface area contributed by atoms with Gasteiger partial charge in [-0.1, -0.05) is 24.1 Å². The Morgan fingerprint density at radius 2 is 2.02 bits per heavy atom. The Morgan fingerprint density at radius 1 is 1.15 bits per heavy atom. The Kier molecular flexibility index (Phi) is 8.04. The summed E-state index contributed by atoms with van der Waals surface area (Å²) in [5.41, 5.74) is 4.01. The largest absolute Gasteiger partial charge is 0.490 e. The van der Waals surface area contributed by atoms with E-state index in [1.807, 2.05) is 25.3 Å². The number of ether oxygens (including phenoxy) is 3. The van der Waals surface area contributed by atoms with E-state index in [-0.39, 0.29) is 23.6 Å². The molecule has 40 heavy (non-hydrogen) atoms. The van der Waals surface area contributed by atoms with Crippen molar-refractivity contribution >= 4 is 23.3 Å². The molecule has 0 aromatic heterocycles. The van der Waals surface area contributed by atoms with Crippen molar-refractivity contribution in [2.24, 2.45) is 17.8 Å². The van der Waals surface area contributed by atoms with Gasteiger partial charge < -0.3 is 24.2 Å². The standard InChI is InChI=1S/C33H42ClNO5/c1-38-31(22-5-3-7-26(36)16-22)27-11-8-24(27)18-35-19-33(14-4-6-21-15-25(34)10-12-28(21)33)20-40-30-13-9-23(17-29(30)35)32(37)39-2/h9-10,12-13,15,17,22,24,26-27,31,36H,3-8,11,14,16,18-20H2,1-2H3/t22-,24-,26-,27+,31+,33?/m0/s1. The number of benzene rings is 2. The molecule has 1 aliphatic heterocycles. The third kappa shape index (κ3) is 5.23. The molecule has 0 saturated heterocycles. The third-order valence-electron chi connectivity index (χ3n) is 10.2. The fourth-order valence-corrected chi connectivity index (χ4v) is 8.31. The highest BCUT2D eigenvalue weighted by atomic mass is 35.5. The van der Waals surface area contributed by atoms with Gasteiger partial charge in [-0.15, -0.1) is 0 Å². The van der Waals surface area contributed by atoms with E-state index in [0.29, 0.717) is 29.9 Å². The number of halogens is 1. The van der Waals surface area contributed by atoms with Gasteiger partial charge in [0.1, 0.15) is 5.75 Å². The zero-order valence-corrected chi connectivity index (χ0v) is 24.5. The van der Waals surface area contributed by atoms with Crippen LogP contribution in [0.15, 0.2) is 36.4 Å². The molecule has 2 aromatic rings. The van der Waals surface area contributed by atoms with Crippen molar-refractivity contribution in [3.8, 4) is 5.75 Å². The molecule has 6 atom stereocenters. The van der Waals surface area contributed by atoms with Gasteiger partial charge in [-0.3, -0.25) is 0 Å². The average Bonchev–Trinajstić information content (AvgIpc) is 3.10. The van der Waals surface area contributed by atoms with Crippen molar-refractivity contribution < 1.29 is 24.1 Å². The van der Waals surface area contributed by atoms with E-state index in [1.165, 1.54) is 18.2 Å². The SMILES string of the molecule is COC(=O)c1ccc2c(c1)N(C[C@@H]1CC[C@H]1[C@H](OC)[C@H]1CCC[C@H](O)C1)CC1(CCCc3cc(Cl)ccc31)CO2. The highest BCUT2D eigenvalue weighted by molar-refractivity contribution is 6.30. The number of fused-ring (bicyclic) bond motifs is 3. The summed E-state index contributed by atoms with van der Waals surface area (Å²) in [4.78, 5) is 15.0. The second kappa shape index (κ2) is 11.5. The van der Waals surface area contributed by atoms with Crippen LogP contribution in [0.25, 0.3) is 0 Å². The highest BCUT2D eigenvalue weighted by Crippen LogP contribution is 2.48. The summed E-state index contributed by atoms with van der Waals surface area (Å²) in [5.74, 6) is 1.83. The van der Waals surface area contributed by atoms with Crippen molar-refractivity contribution in [1.29, 1.82) is 0 Å². The molecular formula is C33H42ClNO5. The summed E-state index contributed by atoms with van der Waals surface area (Å²) in [5, 5.41) is 11.2. The van der Waals surface area contributed by atoms with Gasteiger partial charge in [-0.2, -0.15) is 0 Å². The number of methoxy groups -OCH3 is 2. The van der Waals surface area contributed by atoms with Crippen molar-refractivity contribution in [2.75, 3.05) is 38.8 Å². The minimum absolute atomic E-state index is 0.157. The summed E-state index contributed by atoms with van der Waals surface area (Å²) in [6.07, 6.45) is 9.39. The summed E-state index contributed by atoms with van der Waals surface area (Å²) in [7, 11) is 3.27. The molecule has 7 heteroatoms. The number of aliphatic hydroxyl groups excluding tert-OH is 1. The Morgan fingerprint density at radius 3 is 2.77 bits per heavy atom. The molecule has 3 aliphatic carbocycles. The van der Waals surface area contributed by atoms with Crippen LogP contribution in [0.1, 0.15) is 72.9 Å². The molecule has 2 aromatic carbocycles. The number of carbonyl (C=O) groups excluding carboxylic acids is 1. The van der Waals surface area contributed by atoms with Gasteiger partial charge in [0.15, 0.2) is 0 Å². The Bertz CT molecular complexity index is 1240. The molecule has 2 fully saturated rings. The van der Waals surface area contributed by atoms with Crippen LogP contribution in [0, 0.1) is 17.8 Å². The minimum Gasteiger partial charge on any atom is -0.490 e. The van der Waals surface area contributed by atoms with Crippen molar-refractivity contribution in [3.63, 3.8) is 0 Å². The maximum absolute atomic E-state index is 12.5. The Labute approximate surface area is 242 Å².